The molecule has 1 atom stereocenters. The van der Waals surface area contributed by atoms with Gasteiger partial charge in [0.1, 0.15) is 5.25 Å². The van der Waals surface area contributed by atoms with Crippen molar-refractivity contribution in [3.63, 3.8) is 0 Å². The first kappa shape index (κ1) is 14.4. The van der Waals surface area contributed by atoms with Gasteiger partial charge in [-0.05, 0) is 50.9 Å². The summed E-state index contributed by atoms with van der Waals surface area (Å²) in [5.41, 5.74) is 0.584. The Hall–Kier alpha value is -0.980. The van der Waals surface area contributed by atoms with E-state index in [0.717, 1.165) is 25.9 Å². The molecule has 2 rings (SSSR count). The zero-order chi connectivity index (χ0) is 13.7. The van der Waals surface area contributed by atoms with E-state index < -0.39 is 15.3 Å². The van der Waals surface area contributed by atoms with Gasteiger partial charge in [-0.2, -0.15) is 0 Å². The normalized spacial score (nSPS) is 19.2. The van der Waals surface area contributed by atoms with Crippen LogP contribution in [0.1, 0.15) is 30.7 Å². The second-order valence-corrected chi connectivity index (χ2v) is 7.07. The molecule has 1 aromatic heterocycles. The van der Waals surface area contributed by atoms with Crippen LogP contribution in [0.15, 0.2) is 24.4 Å². The monoisotopic (exact) mass is 283 g/mol. The highest BCUT2D eigenvalue weighted by atomic mass is 32.2. The Bertz CT molecular complexity index is 484. The topological polar surface area (TPSA) is 71.1 Å². The van der Waals surface area contributed by atoms with Gasteiger partial charge >= 0.3 is 0 Å². The zero-order valence-corrected chi connectivity index (χ0v) is 12.0. The molecule has 1 fully saturated rings. The van der Waals surface area contributed by atoms with E-state index in [0.29, 0.717) is 18.2 Å². The van der Waals surface area contributed by atoms with Crippen molar-refractivity contribution in [3.8, 4) is 0 Å². The first-order valence-electron chi connectivity index (χ1n) is 6.70. The van der Waals surface area contributed by atoms with Crippen molar-refractivity contribution < 1.29 is 8.42 Å². The third kappa shape index (κ3) is 3.99. The molecular weight excluding hydrogens is 262 g/mol. The lowest BCUT2D eigenvalue weighted by molar-refractivity contribution is 0.372. The summed E-state index contributed by atoms with van der Waals surface area (Å²) in [6, 6.07) is 5.33. The molecule has 0 saturated carbocycles. The largest absolute Gasteiger partial charge is 0.317 e. The van der Waals surface area contributed by atoms with Crippen LogP contribution in [0.4, 0.5) is 0 Å². The molecule has 2 N–H and O–H groups in total. The molecule has 1 saturated heterocycles. The van der Waals surface area contributed by atoms with Gasteiger partial charge in [0.2, 0.25) is 10.0 Å². The minimum absolute atomic E-state index is 0.437. The molecule has 1 aliphatic heterocycles. The Kier molecular flexibility index (Phi) is 4.90. The Morgan fingerprint density at radius 1 is 1.42 bits per heavy atom. The van der Waals surface area contributed by atoms with E-state index in [4.69, 9.17) is 0 Å². The average molecular weight is 283 g/mol. The van der Waals surface area contributed by atoms with Gasteiger partial charge in [0, 0.05) is 12.7 Å². The van der Waals surface area contributed by atoms with Crippen LogP contribution >= 0.6 is 0 Å². The van der Waals surface area contributed by atoms with Gasteiger partial charge in [0.15, 0.2) is 0 Å². The summed E-state index contributed by atoms with van der Waals surface area (Å²) >= 11 is 0. The van der Waals surface area contributed by atoms with Crippen molar-refractivity contribution in [1.82, 2.24) is 15.0 Å². The predicted molar refractivity (Wildman–Crippen MR) is 75.2 cm³/mol. The molecule has 0 amide bonds. The number of nitrogens with zero attached hydrogens (tertiary/aromatic N) is 1. The summed E-state index contributed by atoms with van der Waals surface area (Å²) in [6.07, 6.45) is 3.68. The molecule has 0 aliphatic carbocycles. The number of rotatable bonds is 5. The van der Waals surface area contributed by atoms with Gasteiger partial charge in [0.05, 0.1) is 5.69 Å². The van der Waals surface area contributed by atoms with Gasteiger partial charge < -0.3 is 5.32 Å². The molecule has 106 valence electrons. The summed E-state index contributed by atoms with van der Waals surface area (Å²) in [5.74, 6) is 0.437. The van der Waals surface area contributed by atoms with E-state index in [9.17, 15) is 8.42 Å². The fourth-order valence-corrected chi connectivity index (χ4v) is 3.40. The smallest absolute Gasteiger partial charge is 0.219 e. The SMILES string of the molecule is CC(c1ccccn1)S(=O)(=O)NCC1CCNCC1. The molecule has 0 spiro atoms. The summed E-state index contributed by atoms with van der Waals surface area (Å²) in [7, 11) is -3.35. The molecule has 5 nitrogen and oxygen atoms in total. The van der Waals surface area contributed by atoms with Gasteiger partial charge in [-0.1, -0.05) is 6.07 Å². The summed E-state index contributed by atoms with van der Waals surface area (Å²) in [5, 5.41) is 2.66. The summed E-state index contributed by atoms with van der Waals surface area (Å²) in [6.45, 7) is 4.15. The summed E-state index contributed by atoms with van der Waals surface area (Å²) in [4.78, 5) is 4.11. The third-order valence-corrected chi connectivity index (χ3v) is 5.34. The fraction of sp³-hybridized carbons (Fsp3) is 0.615. The van der Waals surface area contributed by atoms with Gasteiger partial charge in [0.25, 0.3) is 0 Å². The molecule has 1 aromatic rings. The Morgan fingerprint density at radius 2 is 2.16 bits per heavy atom. The van der Waals surface area contributed by atoms with Gasteiger partial charge in [-0.25, -0.2) is 13.1 Å². The first-order chi connectivity index (χ1) is 9.09. The van der Waals surface area contributed by atoms with Crippen LogP contribution < -0.4 is 10.0 Å². The Balaban J connectivity index is 1.94. The standard InChI is InChI=1S/C13H21N3O2S/c1-11(13-4-2-3-7-15-13)19(17,18)16-10-12-5-8-14-9-6-12/h2-4,7,11-12,14,16H,5-6,8-10H2,1H3. The number of pyridine rings is 1. The summed E-state index contributed by atoms with van der Waals surface area (Å²) < 4.78 is 27.1. The predicted octanol–water partition coefficient (Wildman–Crippen LogP) is 1.06. The maximum absolute atomic E-state index is 12.2. The second kappa shape index (κ2) is 6.45. The second-order valence-electron chi connectivity index (χ2n) is 4.98. The highest BCUT2D eigenvalue weighted by molar-refractivity contribution is 7.89. The Morgan fingerprint density at radius 3 is 2.79 bits per heavy atom. The Labute approximate surface area is 114 Å². The minimum atomic E-state index is -3.35. The molecule has 1 unspecified atom stereocenters. The molecule has 0 bridgehead atoms. The van der Waals surface area contributed by atoms with E-state index in [1.165, 1.54) is 0 Å². The van der Waals surface area contributed by atoms with Crippen molar-refractivity contribution in [2.24, 2.45) is 5.92 Å². The van der Waals surface area contributed by atoms with E-state index in [1.54, 1.807) is 31.3 Å². The molecule has 2 heterocycles. The molecule has 1 aliphatic rings. The third-order valence-electron chi connectivity index (χ3n) is 3.60. The van der Waals surface area contributed by atoms with Gasteiger partial charge in [-0.15, -0.1) is 0 Å². The van der Waals surface area contributed by atoms with Crippen LogP contribution in [0.3, 0.4) is 0 Å². The molecule has 6 heteroatoms. The number of hydrogen-bond donors (Lipinski definition) is 2. The van der Waals surface area contributed by atoms with Crippen molar-refractivity contribution >= 4 is 10.0 Å². The highest BCUT2D eigenvalue weighted by Gasteiger charge is 2.24. The zero-order valence-electron chi connectivity index (χ0n) is 11.2. The van der Waals surface area contributed by atoms with Crippen molar-refractivity contribution in [2.75, 3.05) is 19.6 Å². The number of nitrogens with one attached hydrogen (secondary N) is 2. The number of hydrogen-bond acceptors (Lipinski definition) is 4. The average Bonchev–Trinajstić information content (AvgIpc) is 2.46. The molecular formula is C13H21N3O2S. The lowest BCUT2D eigenvalue weighted by atomic mass is 9.99. The first-order valence-corrected chi connectivity index (χ1v) is 8.24. The van der Waals surface area contributed by atoms with Crippen molar-refractivity contribution in [2.45, 2.75) is 25.0 Å². The van der Waals surface area contributed by atoms with Crippen molar-refractivity contribution in [1.29, 1.82) is 0 Å². The number of piperidine rings is 1. The highest BCUT2D eigenvalue weighted by Crippen LogP contribution is 2.19. The van der Waals surface area contributed by atoms with Crippen LogP contribution in [-0.2, 0) is 10.0 Å². The van der Waals surface area contributed by atoms with Crippen LogP contribution in [0.2, 0.25) is 0 Å². The van der Waals surface area contributed by atoms with Gasteiger partial charge in [-0.3, -0.25) is 4.98 Å². The lowest BCUT2D eigenvalue weighted by Crippen LogP contribution is -2.37. The van der Waals surface area contributed by atoms with E-state index in [2.05, 4.69) is 15.0 Å². The van der Waals surface area contributed by atoms with E-state index in [1.807, 2.05) is 0 Å². The number of sulfonamides is 1. The van der Waals surface area contributed by atoms with E-state index in [-0.39, 0.29) is 0 Å². The van der Waals surface area contributed by atoms with E-state index >= 15 is 0 Å². The maximum Gasteiger partial charge on any atom is 0.219 e. The lowest BCUT2D eigenvalue weighted by Gasteiger charge is -2.23. The minimum Gasteiger partial charge on any atom is -0.317 e. The quantitative estimate of drug-likeness (QED) is 0.848. The molecule has 0 aromatic carbocycles. The fourth-order valence-electron chi connectivity index (χ4n) is 2.22. The van der Waals surface area contributed by atoms with Crippen LogP contribution in [0.5, 0.6) is 0 Å². The molecule has 19 heavy (non-hydrogen) atoms. The number of aromatic nitrogens is 1. The van der Waals surface area contributed by atoms with Crippen LogP contribution in [-0.4, -0.2) is 33.0 Å². The van der Waals surface area contributed by atoms with Crippen LogP contribution in [0, 0.1) is 5.92 Å². The molecule has 0 radical (unpaired) electrons. The van der Waals surface area contributed by atoms with Crippen LogP contribution in [0.25, 0.3) is 0 Å². The van der Waals surface area contributed by atoms with Crippen molar-refractivity contribution in [3.05, 3.63) is 30.1 Å². The maximum atomic E-state index is 12.2.